The molecule has 1 unspecified atom stereocenters. The van der Waals surface area contributed by atoms with Gasteiger partial charge in [0.1, 0.15) is 4.90 Å². The Bertz CT molecular complexity index is 486. The molecule has 1 atom stereocenters. The van der Waals surface area contributed by atoms with Gasteiger partial charge in [-0.25, -0.2) is 18.4 Å². The first-order chi connectivity index (χ1) is 8.05. The summed E-state index contributed by atoms with van der Waals surface area (Å²) in [5.41, 5.74) is 5.35. The standard InChI is InChI=1S/C10H16N4O2S/c1-2-8-4-3-5-14(8)17(15,16)9-6-12-10(11)13-7-9/h6-8H,2-5H2,1H3,(H2,11,12,13). The lowest BCUT2D eigenvalue weighted by molar-refractivity contribution is 0.379. The summed E-state index contributed by atoms with van der Waals surface area (Å²) in [6.07, 6.45) is 5.19. The van der Waals surface area contributed by atoms with Crippen molar-refractivity contribution in [3.63, 3.8) is 0 Å². The third-order valence-electron chi connectivity index (χ3n) is 3.05. The number of anilines is 1. The maximum atomic E-state index is 12.3. The van der Waals surface area contributed by atoms with Gasteiger partial charge in [-0.3, -0.25) is 0 Å². The van der Waals surface area contributed by atoms with E-state index in [0.29, 0.717) is 6.54 Å². The second kappa shape index (κ2) is 4.58. The van der Waals surface area contributed by atoms with Gasteiger partial charge in [-0.05, 0) is 19.3 Å². The van der Waals surface area contributed by atoms with E-state index < -0.39 is 10.0 Å². The van der Waals surface area contributed by atoms with Crippen molar-refractivity contribution in [1.29, 1.82) is 0 Å². The highest BCUT2D eigenvalue weighted by molar-refractivity contribution is 7.89. The molecule has 2 rings (SSSR count). The second-order valence-electron chi connectivity index (χ2n) is 4.10. The Morgan fingerprint density at radius 1 is 1.47 bits per heavy atom. The molecule has 1 aliphatic rings. The van der Waals surface area contributed by atoms with E-state index >= 15 is 0 Å². The fourth-order valence-electron chi connectivity index (χ4n) is 2.13. The Morgan fingerprint density at radius 2 is 2.12 bits per heavy atom. The molecular weight excluding hydrogens is 240 g/mol. The van der Waals surface area contributed by atoms with Gasteiger partial charge in [-0.15, -0.1) is 0 Å². The Balaban J connectivity index is 2.33. The zero-order chi connectivity index (χ0) is 12.5. The van der Waals surface area contributed by atoms with Crippen LogP contribution in [0.4, 0.5) is 5.95 Å². The largest absolute Gasteiger partial charge is 0.368 e. The lowest BCUT2D eigenvalue weighted by Crippen LogP contribution is -2.35. The van der Waals surface area contributed by atoms with Gasteiger partial charge in [0.2, 0.25) is 16.0 Å². The molecule has 2 heterocycles. The highest BCUT2D eigenvalue weighted by Crippen LogP contribution is 2.26. The van der Waals surface area contributed by atoms with Gasteiger partial charge < -0.3 is 5.73 Å². The van der Waals surface area contributed by atoms with E-state index in [1.165, 1.54) is 12.4 Å². The summed E-state index contributed by atoms with van der Waals surface area (Å²) in [7, 11) is -3.46. The lowest BCUT2D eigenvalue weighted by Gasteiger charge is -2.22. The summed E-state index contributed by atoms with van der Waals surface area (Å²) in [4.78, 5) is 7.57. The molecule has 1 saturated heterocycles. The van der Waals surface area contributed by atoms with Crippen molar-refractivity contribution in [2.75, 3.05) is 12.3 Å². The van der Waals surface area contributed by atoms with Crippen LogP contribution >= 0.6 is 0 Å². The molecule has 94 valence electrons. The van der Waals surface area contributed by atoms with Crippen LogP contribution in [0.15, 0.2) is 17.3 Å². The van der Waals surface area contributed by atoms with E-state index in [2.05, 4.69) is 9.97 Å². The zero-order valence-corrected chi connectivity index (χ0v) is 10.5. The number of rotatable bonds is 3. The van der Waals surface area contributed by atoms with Crippen LogP contribution in [-0.2, 0) is 10.0 Å². The molecule has 1 aliphatic heterocycles. The number of hydrogen-bond donors (Lipinski definition) is 1. The van der Waals surface area contributed by atoms with Crippen LogP contribution in [0, 0.1) is 0 Å². The molecular formula is C10H16N4O2S. The van der Waals surface area contributed by atoms with Crippen molar-refractivity contribution < 1.29 is 8.42 Å². The van der Waals surface area contributed by atoms with Crippen LogP contribution in [0.3, 0.4) is 0 Å². The Hall–Kier alpha value is -1.21. The smallest absolute Gasteiger partial charge is 0.246 e. The predicted octanol–water partition coefficient (Wildman–Crippen LogP) is 0.622. The second-order valence-corrected chi connectivity index (χ2v) is 5.99. The first-order valence-corrected chi connectivity index (χ1v) is 7.09. The van der Waals surface area contributed by atoms with Crippen molar-refractivity contribution in [2.24, 2.45) is 0 Å². The number of nitrogens with two attached hydrogens (primary N) is 1. The SMILES string of the molecule is CCC1CCCN1S(=O)(=O)c1cnc(N)nc1. The Kier molecular flexibility index (Phi) is 3.30. The summed E-state index contributed by atoms with van der Waals surface area (Å²) in [6, 6.07) is 0.0950. The minimum Gasteiger partial charge on any atom is -0.368 e. The van der Waals surface area contributed by atoms with Crippen molar-refractivity contribution >= 4 is 16.0 Å². The number of nitrogen functional groups attached to an aromatic ring is 1. The molecule has 0 saturated carbocycles. The monoisotopic (exact) mass is 256 g/mol. The highest BCUT2D eigenvalue weighted by Gasteiger charge is 2.34. The minimum atomic E-state index is -3.46. The normalized spacial score (nSPS) is 21.8. The van der Waals surface area contributed by atoms with E-state index in [-0.39, 0.29) is 16.9 Å². The summed E-state index contributed by atoms with van der Waals surface area (Å²) < 4.78 is 26.2. The molecule has 1 aromatic heterocycles. The van der Waals surface area contributed by atoms with Crippen molar-refractivity contribution in [1.82, 2.24) is 14.3 Å². The summed E-state index contributed by atoms with van der Waals surface area (Å²) in [6.45, 7) is 2.57. The van der Waals surface area contributed by atoms with Crippen LogP contribution in [0.2, 0.25) is 0 Å². The van der Waals surface area contributed by atoms with E-state index in [4.69, 9.17) is 5.73 Å². The molecule has 1 fully saturated rings. The molecule has 2 N–H and O–H groups in total. The maximum Gasteiger partial charge on any atom is 0.246 e. The summed E-state index contributed by atoms with van der Waals surface area (Å²) in [5.74, 6) is 0.0809. The zero-order valence-electron chi connectivity index (χ0n) is 9.70. The lowest BCUT2D eigenvalue weighted by atomic mass is 10.2. The van der Waals surface area contributed by atoms with Crippen LogP contribution < -0.4 is 5.73 Å². The first-order valence-electron chi connectivity index (χ1n) is 5.65. The molecule has 6 nitrogen and oxygen atoms in total. The molecule has 7 heteroatoms. The van der Waals surface area contributed by atoms with Gasteiger partial charge in [0.15, 0.2) is 0 Å². The van der Waals surface area contributed by atoms with Crippen LogP contribution in [0.25, 0.3) is 0 Å². The summed E-state index contributed by atoms with van der Waals surface area (Å²) >= 11 is 0. The average Bonchev–Trinajstić information content (AvgIpc) is 2.78. The summed E-state index contributed by atoms with van der Waals surface area (Å²) in [5, 5.41) is 0. The molecule has 0 spiro atoms. The minimum absolute atomic E-state index is 0.0809. The van der Waals surface area contributed by atoms with Crippen LogP contribution in [0.5, 0.6) is 0 Å². The number of nitrogens with zero attached hydrogens (tertiary/aromatic N) is 3. The third-order valence-corrected chi connectivity index (χ3v) is 4.95. The molecule has 0 aliphatic carbocycles. The third kappa shape index (κ3) is 2.25. The van der Waals surface area contributed by atoms with Crippen molar-refractivity contribution in [3.05, 3.63) is 12.4 Å². The van der Waals surface area contributed by atoms with E-state index in [1.807, 2.05) is 6.92 Å². The predicted molar refractivity (Wildman–Crippen MR) is 63.6 cm³/mol. The molecule has 0 amide bonds. The van der Waals surface area contributed by atoms with Gasteiger partial charge in [-0.1, -0.05) is 6.92 Å². The van der Waals surface area contributed by atoms with E-state index in [1.54, 1.807) is 4.31 Å². The molecule has 0 bridgehead atoms. The Labute approximate surface area is 101 Å². The molecule has 0 radical (unpaired) electrons. The quantitative estimate of drug-likeness (QED) is 0.856. The molecule has 1 aromatic rings. The number of aromatic nitrogens is 2. The average molecular weight is 256 g/mol. The van der Waals surface area contributed by atoms with Gasteiger partial charge in [0.05, 0.1) is 12.4 Å². The van der Waals surface area contributed by atoms with Crippen LogP contribution in [0.1, 0.15) is 26.2 Å². The van der Waals surface area contributed by atoms with Gasteiger partial charge in [-0.2, -0.15) is 4.31 Å². The Morgan fingerprint density at radius 3 is 2.71 bits per heavy atom. The van der Waals surface area contributed by atoms with Gasteiger partial charge >= 0.3 is 0 Å². The topological polar surface area (TPSA) is 89.2 Å². The van der Waals surface area contributed by atoms with Gasteiger partial charge in [0.25, 0.3) is 0 Å². The number of sulfonamides is 1. The van der Waals surface area contributed by atoms with Gasteiger partial charge in [0, 0.05) is 12.6 Å². The fraction of sp³-hybridized carbons (Fsp3) is 0.600. The van der Waals surface area contributed by atoms with E-state index in [9.17, 15) is 8.42 Å². The number of hydrogen-bond acceptors (Lipinski definition) is 5. The first kappa shape index (κ1) is 12.3. The van der Waals surface area contributed by atoms with E-state index in [0.717, 1.165) is 19.3 Å². The fourth-order valence-corrected chi connectivity index (χ4v) is 3.79. The van der Waals surface area contributed by atoms with Crippen molar-refractivity contribution in [2.45, 2.75) is 37.1 Å². The molecule has 0 aromatic carbocycles. The highest BCUT2D eigenvalue weighted by atomic mass is 32.2. The molecule has 17 heavy (non-hydrogen) atoms. The van der Waals surface area contributed by atoms with Crippen LogP contribution in [-0.4, -0.2) is 35.3 Å². The maximum absolute atomic E-state index is 12.3. The van der Waals surface area contributed by atoms with Crippen molar-refractivity contribution in [3.8, 4) is 0 Å².